The average Bonchev–Trinajstić information content (AvgIpc) is 2.90. The van der Waals surface area contributed by atoms with Crippen LogP contribution in [-0.4, -0.2) is 79.9 Å². The number of halogens is 3. The van der Waals surface area contributed by atoms with Crippen LogP contribution in [0.5, 0.6) is 0 Å². The van der Waals surface area contributed by atoms with Crippen molar-refractivity contribution in [3.8, 4) is 0 Å². The molecule has 9 nitrogen and oxygen atoms in total. The molecule has 4 rings (SSSR count). The minimum atomic E-state index is -3.73. The monoisotopic (exact) mass is 628 g/mol. The van der Waals surface area contributed by atoms with Gasteiger partial charge in [0.2, 0.25) is 10.0 Å². The van der Waals surface area contributed by atoms with Gasteiger partial charge in [-0.25, -0.2) is 18.0 Å². The van der Waals surface area contributed by atoms with E-state index < -0.39 is 22.0 Å². The first-order valence-electron chi connectivity index (χ1n) is 12.9. The van der Waals surface area contributed by atoms with Crippen LogP contribution in [0.15, 0.2) is 58.6 Å². The molecular formula is C27H31Cl3N4O5S. The summed E-state index contributed by atoms with van der Waals surface area (Å²) in [6, 6.07) is 9.50. The molecule has 13 heteroatoms. The average molecular weight is 630 g/mol. The normalized spacial score (nSPS) is 20.9. The van der Waals surface area contributed by atoms with Crippen molar-refractivity contribution < 1.29 is 22.7 Å². The molecule has 1 fully saturated rings. The molecule has 2 heterocycles. The molecule has 40 heavy (non-hydrogen) atoms. The van der Waals surface area contributed by atoms with Crippen LogP contribution in [-0.2, 0) is 19.6 Å². The molecule has 216 valence electrons. The van der Waals surface area contributed by atoms with E-state index in [0.717, 1.165) is 0 Å². The predicted molar refractivity (Wildman–Crippen MR) is 155 cm³/mol. The number of carbonyl (C=O) groups excluding carboxylic acids is 2. The lowest BCUT2D eigenvalue weighted by atomic mass is 9.94. The summed E-state index contributed by atoms with van der Waals surface area (Å²) >= 11 is 18.7. The summed E-state index contributed by atoms with van der Waals surface area (Å²) in [7, 11) is -3.73. The molecule has 0 radical (unpaired) electrons. The van der Waals surface area contributed by atoms with Crippen LogP contribution in [0.3, 0.4) is 0 Å². The van der Waals surface area contributed by atoms with E-state index in [1.165, 1.54) is 21.3 Å². The van der Waals surface area contributed by atoms with Crippen LogP contribution in [0, 0.1) is 0 Å². The summed E-state index contributed by atoms with van der Waals surface area (Å²) in [4.78, 5) is 30.3. The van der Waals surface area contributed by atoms with Crippen molar-refractivity contribution in [1.29, 1.82) is 0 Å². The first-order valence-corrected chi connectivity index (χ1v) is 15.5. The van der Waals surface area contributed by atoms with Crippen molar-refractivity contribution in [2.45, 2.75) is 37.8 Å². The van der Waals surface area contributed by atoms with E-state index in [4.69, 9.17) is 39.5 Å². The van der Waals surface area contributed by atoms with Crippen LogP contribution >= 0.6 is 34.8 Å². The molecule has 2 aliphatic rings. The van der Waals surface area contributed by atoms with Gasteiger partial charge < -0.3 is 10.1 Å². The molecule has 0 aliphatic carbocycles. The zero-order chi connectivity index (χ0) is 29.2. The smallest absolute Gasteiger partial charge is 0.338 e. The van der Waals surface area contributed by atoms with Gasteiger partial charge in [0.15, 0.2) is 0 Å². The molecule has 0 saturated carbocycles. The summed E-state index contributed by atoms with van der Waals surface area (Å²) in [6.45, 7) is 7.03. The standard InChI is InChI=1S/C27H31Cl3N4O5S/c1-4-33-22(16-32-13-14-34(17(3)15-32)40(37,38)19-11-9-18(28)10-12-19)23(26(35)39-5-2)25(31-27(33)36)20-7-6-8-21(29)24(20)30/h6-12,17,25H,4-5,13-16H2,1-3H3,(H,31,36)/t17-,25-/m0/s1. The Bertz CT molecular complexity index is 1420. The SMILES string of the molecule is CCOC(=O)C1=C(CN2CCN(S(=O)(=O)c3ccc(Cl)cc3)[C@@H](C)C2)N(CC)C(=O)N[C@H]1c1cccc(Cl)c1Cl. The maximum atomic E-state index is 13.4. The highest BCUT2D eigenvalue weighted by Crippen LogP contribution is 2.38. The number of nitrogens with zero attached hydrogens (tertiary/aromatic N) is 3. The van der Waals surface area contributed by atoms with Gasteiger partial charge in [-0.15, -0.1) is 0 Å². The Labute approximate surface area is 249 Å². The van der Waals surface area contributed by atoms with Crippen molar-refractivity contribution in [3.63, 3.8) is 0 Å². The van der Waals surface area contributed by atoms with Gasteiger partial charge in [0.1, 0.15) is 0 Å². The number of hydrogen-bond donors (Lipinski definition) is 1. The summed E-state index contributed by atoms with van der Waals surface area (Å²) in [5, 5.41) is 3.87. The zero-order valence-electron chi connectivity index (χ0n) is 22.4. The highest BCUT2D eigenvalue weighted by Gasteiger charge is 2.41. The molecular weight excluding hydrogens is 599 g/mol. The van der Waals surface area contributed by atoms with E-state index >= 15 is 0 Å². The van der Waals surface area contributed by atoms with Gasteiger partial charge in [0.25, 0.3) is 0 Å². The van der Waals surface area contributed by atoms with Crippen molar-refractivity contribution in [2.75, 3.05) is 39.3 Å². The third-order valence-electron chi connectivity index (χ3n) is 6.99. The number of sulfonamides is 1. The second kappa shape index (κ2) is 12.7. The Balaban J connectivity index is 1.68. The van der Waals surface area contributed by atoms with Gasteiger partial charge in [0, 0.05) is 49.5 Å². The third-order valence-corrected chi connectivity index (χ3v) is 10.1. The van der Waals surface area contributed by atoms with Crippen molar-refractivity contribution in [2.24, 2.45) is 0 Å². The van der Waals surface area contributed by atoms with Crippen molar-refractivity contribution in [1.82, 2.24) is 19.4 Å². The maximum Gasteiger partial charge on any atom is 0.338 e. The quantitative estimate of drug-likeness (QED) is 0.415. The van der Waals surface area contributed by atoms with Gasteiger partial charge >= 0.3 is 12.0 Å². The zero-order valence-corrected chi connectivity index (χ0v) is 25.4. The largest absolute Gasteiger partial charge is 0.463 e. The van der Waals surface area contributed by atoms with Gasteiger partial charge in [-0.1, -0.05) is 46.9 Å². The van der Waals surface area contributed by atoms with Gasteiger partial charge in [-0.05, 0) is 56.7 Å². The van der Waals surface area contributed by atoms with Gasteiger partial charge in [-0.3, -0.25) is 9.80 Å². The first-order chi connectivity index (χ1) is 19.0. The van der Waals surface area contributed by atoms with E-state index in [-0.39, 0.29) is 47.3 Å². The maximum absolute atomic E-state index is 13.4. The Morgan fingerprint density at radius 1 is 1.07 bits per heavy atom. The lowest BCUT2D eigenvalue weighted by Gasteiger charge is -2.42. The Kier molecular flexibility index (Phi) is 9.70. The number of benzene rings is 2. The highest BCUT2D eigenvalue weighted by atomic mass is 35.5. The minimum absolute atomic E-state index is 0.143. The molecule has 2 aromatic rings. The third kappa shape index (κ3) is 6.12. The predicted octanol–water partition coefficient (Wildman–Crippen LogP) is 4.95. The molecule has 0 spiro atoms. The van der Waals surface area contributed by atoms with E-state index in [2.05, 4.69) is 5.32 Å². The van der Waals surface area contributed by atoms with E-state index in [1.807, 2.05) is 18.7 Å². The summed E-state index contributed by atoms with van der Waals surface area (Å²) in [5.41, 5.74) is 1.22. The second-order valence-electron chi connectivity index (χ2n) is 9.50. The number of likely N-dealkylation sites (N-methyl/N-ethyl adjacent to an activating group) is 1. The second-order valence-corrected chi connectivity index (χ2v) is 12.6. The molecule has 2 amide bonds. The topological polar surface area (TPSA) is 99.3 Å². The van der Waals surface area contributed by atoms with E-state index in [1.54, 1.807) is 37.3 Å². The summed E-state index contributed by atoms with van der Waals surface area (Å²) < 4.78 is 33.5. The summed E-state index contributed by atoms with van der Waals surface area (Å²) in [6.07, 6.45) is 0. The van der Waals surface area contributed by atoms with Crippen molar-refractivity contribution in [3.05, 3.63) is 74.4 Å². The lowest BCUT2D eigenvalue weighted by Crippen LogP contribution is -2.56. The van der Waals surface area contributed by atoms with Crippen LogP contribution < -0.4 is 5.32 Å². The van der Waals surface area contributed by atoms with Crippen molar-refractivity contribution >= 4 is 56.8 Å². The number of hydrogen-bond acceptors (Lipinski definition) is 6. The fourth-order valence-corrected chi connectivity index (χ4v) is 7.26. The molecule has 0 bridgehead atoms. The number of esters is 1. The Morgan fingerprint density at radius 3 is 2.40 bits per heavy atom. The molecule has 1 N–H and O–H groups in total. The lowest BCUT2D eigenvalue weighted by molar-refractivity contribution is -0.139. The molecule has 0 aromatic heterocycles. The van der Waals surface area contributed by atoms with E-state index in [0.29, 0.717) is 40.9 Å². The molecule has 1 saturated heterocycles. The molecule has 2 aliphatic heterocycles. The van der Waals surface area contributed by atoms with Crippen LogP contribution in [0.25, 0.3) is 0 Å². The fraction of sp³-hybridized carbons (Fsp3) is 0.407. The fourth-order valence-electron chi connectivity index (χ4n) is 5.11. The highest BCUT2D eigenvalue weighted by molar-refractivity contribution is 7.89. The number of amides is 2. The Morgan fingerprint density at radius 2 is 1.77 bits per heavy atom. The van der Waals surface area contributed by atoms with Gasteiger partial charge in [-0.2, -0.15) is 4.31 Å². The van der Waals surface area contributed by atoms with Gasteiger partial charge in [0.05, 0.1) is 33.2 Å². The van der Waals surface area contributed by atoms with E-state index in [9.17, 15) is 18.0 Å². The number of urea groups is 1. The number of carbonyl (C=O) groups is 2. The Hall–Kier alpha value is -2.34. The number of piperazine rings is 1. The number of nitrogens with one attached hydrogen (secondary N) is 1. The molecule has 2 atom stereocenters. The number of rotatable bonds is 8. The minimum Gasteiger partial charge on any atom is -0.463 e. The summed E-state index contributed by atoms with van der Waals surface area (Å²) in [5.74, 6) is -0.575. The first kappa shape index (κ1) is 30.6. The molecule has 0 unspecified atom stereocenters. The number of ether oxygens (including phenoxy) is 1. The van der Waals surface area contributed by atoms with Crippen LogP contribution in [0.4, 0.5) is 4.79 Å². The molecule has 2 aromatic carbocycles. The van der Waals surface area contributed by atoms with Crippen LogP contribution in [0.2, 0.25) is 15.1 Å². The van der Waals surface area contributed by atoms with Crippen LogP contribution in [0.1, 0.15) is 32.4 Å².